The smallest absolute Gasteiger partial charge is 0.264 e. The first-order chi connectivity index (χ1) is 16.5. The molecule has 1 aromatic heterocycles. The van der Waals surface area contributed by atoms with E-state index in [1.807, 2.05) is 48.3 Å². The topological polar surface area (TPSA) is 78.3 Å². The summed E-state index contributed by atoms with van der Waals surface area (Å²) >= 11 is 6.16. The lowest BCUT2D eigenvalue weighted by Gasteiger charge is -2.25. The van der Waals surface area contributed by atoms with Gasteiger partial charge in [-0.2, -0.15) is 0 Å². The van der Waals surface area contributed by atoms with Gasteiger partial charge in [-0.05, 0) is 35.4 Å². The molecule has 1 saturated heterocycles. The molecular formula is C26H25ClN4O3. The number of likely N-dealkylation sites (N-methyl/N-ethyl adjacent to an activating group) is 1. The second-order valence-electron chi connectivity index (χ2n) is 7.83. The number of aliphatic hydroxyl groups is 1. The zero-order chi connectivity index (χ0) is 24.1. The van der Waals surface area contributed by atoms with Crippen LogP contribution >= 0.6 is 11.6 Å². The van der Waals surface area contributed by atoms with Gasteiger partial charge in [-0.3, -0.25) is 9.69 Å². The number of amides is 1. The molecule has 4 rings (SSSR count). The number of aromatic nitrogens is 1. The largest absolute Gasteiger partial charge is 0.515 e. The fraction of sp³-hybridized carbons (Fsp3) is 0.192. The third kappa shape index (κ3) is 4.89. The Morgan fingerprint density at radius 2 is 1.88 bits per heavy atom. The molecule has 34 heavy (non-hydrogen) atoms. The van der Waals surface area contributed by atoms with Crippen molar-refractivity contribution in [1.82, 2.24) is 14.8 Å². The van der Waals surface area contributed by atoms with Gasteiger partial charge in [-0.25, -0.2) is 9.98 Å². The number of guanidine groups is 1. The third-order valence-corrected chi connectivity index (χ3v) is 5.83. The number of carbonyl (C=O) groups excluding carboxylic acids is 1. The van der Waals surface area contributed by atoms with Crippen molar-refractivity contribution in [3.8, 4) is 5.75 Å². The Labute approximate surface area is 203 Å². The second kappa shape index (κ2) is 10.4. The molecule has 0 radical (unpaired) electrons. The summed E-state index contributed by atoms with van der Waals surface area (Å²) in [4.78, 5) is 26.6. The lowest BCUT2D eigenvalue weighted by atomic mass is 10.0. The molecule has 1 amide bonds. The molecule has 2 heterocycles. The van der Waals surface area contributed by atoms with E-state index in [-0.39, 0.29) is 5.57 Å². The lowest BCUT2D eigenvalue weighted by Crippen LogP contribution is -2.38. The summed E-state index contributed by atoms with van der Waals surface area (Å²) in [6, 6.07) is 21.6. The van der Waals surface area contributed by atoms with Gasteiger partial charge in [-0.15, -0.1) is 0 Å². The average Bonchev–Trinajstić information content (AvgIpc) is 3.20. The number of pyridine rings is 1. The van der Waals surface area contributed by atoms with E-state index < -0.39 is 11.9 Å². The van der Waals surface area contributed by atoms with Gasteiger partial charge >= 0.3 is 0 Å². The van der Waals surface area contributed by atoms with E-state index in [1.54, 1.807) is 48.4 Å². The minimum Gasteiger partial charge on any atom is -0.515 e. The molecule has 0 saturated carbocycles. The van der Waals surface area contributed by atoms with Crippen LogP contribution in [0.25, 0.3) is 5.57 Å². The fourth-order valence-corrected chi connectivity index (χ4v) is 4.08. The van der Waals surface area contributed by atoms with Crippen molar-refractivity contribution in [2.24, 2.45) is 4.99 Å². The predicted octanol–water partition coefficient (Wildman–Crippen LogP) is 4.71. The van der Waals surface area contributed by atoms with E-state index in [0.717, 1.165) is 11.8 Å². The number of halogens is 1. The molecular weight excluding hydrogens is 452 g/mol. The summed E-state index contributed by atoms with van der Waals surface area (Å²) in [6.07, 6.45) is 0.833. The zero-order valence-electron chi connectivity index (χ0n) is 18.9. The van der Waals surface area contributed by atoms with Gasteiger partial charge < -0.3 is 14.7 Å². The number of nitrogens with zero attached hydrogens (tertiary/aromatic N) is 4. The maximum Gasteiger partial charge on any atom is 0.264 e. The van der Waals surface area contributed by atoms with Gasteiger partial charge in [0.2, 0.25) is 5.96 Å². The number of rotatable bonds is 6. The van der Waals surface area contributed by atoms with Crippen LogP contribution in [-0.4, -0.2) is 52.5 Å². The van der Waals surface area contributed by atoms with Crippen LogP contribution in [0.3, 0.4) is 0 Å². The molecule has 1 fully saturated rings. The first kappa shape index (κ1) is 23.3. The van der Waals surface area contributed by atoms with Crippen molar-refractivity contribution in [3.05, 3.63) is 101 Å². The van der Waals surface area contributed by atoms with Crippen LogP contribution in [0.15, 0.2) is 84.1 Å². The van der Waals surface area contributed by atoms with Crippen molar-refractivity contribution in [3.63, 3.8) is 0 Å². The number of aliphatic imine (C=N–C) groups is 1. The quantitative estimate of drug-likeness (QED) is 0.316. The monoisotopic (exact) mass is 476 g/mol. The zero-order valence-corrected chi connectivity index (χ0v) is 19.7. The summed E-state index contributed by atoms with van der Waals surface area (Å²) in [6.45, 7) is 0.884. The standard InChI is InChI=1S/C26H25ClN4O3/c1-30-16-23(22-9-6-10-24(27)29-22)31(26(30)28-15-18-7-4-3-5-8-18)25(33)21(17-32)19-11-13-20(34-2)14-12-19/h3-14,17,23,32H,15-16H2,1-2H3. The number of hydrogen-bond donors (Lipinski definition) is 1. The highest BCUT2D eigenvalue weighted by molar-refractivity contribution is 6.29. The summed E-state index contributed by atoms with van der Waals surface area (Å²) in [5.41, 5.74) is 2.36. The maximum absolute atomic E-state index is 13.9. The first-order valence-corrected chi connectivity index (χ1v) is 11.1. The molecule has 1 aliphatic rings. The molecule has 2 aromatic carbocycles. The summed E-state index contributed by atoms with van der Waals surface area (Å²) < 4.78 is 5.21. The van der Waals surface area contributed by atoms with Gasteiger partial charge in [0, 0.05) is 13.6 Å². The SMILES string of the molecule is COc1ccc(C(=CO)C(=O)N2C(=NCc3ccccc3)N(C)CC2c2cccc(Cl)n2)cc1. The first-order valence-electron chi connectivity index (χ1n) is 10.8. The normalized spacial score (nSPS) is 17.3. The van der Waals surface area contributed by atoms with Gasteiger partial charge in [0.1, 0.15) is 10.9 Å². The molecule has 0 aliphatic carbocycles. The van der Waals surface area contributed by atoms with Crippen molar-refractivity contribution in [2.45, 2.75) is 12.6 Å². The van der Waals surface area contributed by atoms with Crippen LogP contribution in [0, 0.1) is 0 Å². The van der Waals surface area contributed by atoms with Crippen LogP contribution < -0.4 is 4.74 Å². The number of carbonyl (C=O) groups is 1. The van der Waals surface area contributed by atoms with Crippen LogP contribution in [-0.2, 0) is 11.3 Å². The third-order valence-electron chi connectivity index (χ3n) is 5.62. The van der Waals surface area contributed by atoms with Gasteiger partial charge in [0.05, 0.1) is 37.2 Å². The van der Waals surface area contributed by atoms with E-state index in [2.05, 4.69) is 4.98 Å². The van der Waals surface area contributed by atoms with Crippen molar-refractivity contribution < 1.29 is 14.6 Å². The summed E-state index contributed by atoms with van der Waals surface area (Å²) in [7, 11) is 3.45. The van der Waals surface area contributed by atoms with Gasteiger partial charge in [0.25, 0.3) is 5.91 Å². The summed E-state index contributed by atoms with van der Waals surface area (Å²) in [5, 5.41) is 10.4. The van der Waals surface area contributed by atoms with Gasteiger partial charge in [0.15, 0.2) is 0 Å². The van der Waals surface area contributed by atoms with Crippen LogP contribution in [0.1, 0.15) is 22.9 Å². The molecule has 1 N–H and O–H groups in total. The Morgan fingerprint density at radius 1 is 1.15 bits per heavy atom. The Kier molecular flexibility index (Phi) is 7.13. The number of hydrogen-bond acceptors (Lipinski definition) is 5. The van der Waals surface area contributed by atoms with E-state index in [1.165, 1.54) is 0 Å². The molecule has 0 bridgehead atoms. The fourth-order valence-electron chi connectivity index (χ4n) is 3.91. The lowest BCUT2D eigenvalue weighted by molar-refractivity contribution is -0.122. The van der Waals surface area contributed by atoms with Gasteiger partial charge in [-0.1, -0.05) is 60.1 Å². The van der Waals surface area contributed by atoms with E-state index in [4.69, 9.17) is 21.3 Å². The van der Waals surface area contributed by atoms with Crippen molar-refractivity contribution in [1.29, 1.82) is 0 Å². The van der Waals surface area contributed by atoms with Crippen molar-refractivity contribution >= 4 is 29.0 Å². The Hall–Kier alpha value is -3.84. The van der Waals surface area contributed by atoms with Crippen molar-refractivity contribution in [2.75, 3.05) is 20.7 Å². The Morgan fingerprint density at radius 3 is 2.53 bits per heavy atom. The Balaban J connectivity index is 1.74. The molecule has 1 aliphatic heterocycles. The number of benzene rings is 2. The molecule has 174 valence electrons. The van der Waals surface area contributed by atoms with Crippen LogP contribution in [0.5, 0.6) is 5.75 Å². The minimum absolute atomic E-state index is 0.136. The highest BCUT2D eigenvalue weighted by Crippen LogP contribution is 2.32. The second-order valence-corrected chi connectivity index (χ2v) is 8.22. The van der Waals surface area contributed by atoms with Crippen LogP contribution in [0.4, 0.5) is 0 Å². The van der Waals surface area contributed by atoms with E-state index >= 15 is 0 Å². The Bertz CT molecular complexity index is 1210. The highest BCUT2D eigenvalue weighted by Gasteiger charge is 2.41. The molecule has 8 heteroatoms. The summed E-state index contributed by atoms with van der Waals surface area (Å²) in [5.74, 6) is 0.754. The van der Waals surface area contributed by atoms with E-state index in [0.29, 0.717) is 41.2 Å². The molecule has 3 aromatic rings. The predicted molar refractivity (Wildman–Crippen MR) is 133 cm³/mol. The molecule has 1 unspecified atom stereocenters. The number of ether oxygens (including phenoxy) is 1. The minimum atomic E-state index is -0.432. The van der Waals surface area contributed by atoms with Crippen LogP contribution in [0.2, 0.25) is 5.15 Å². The number of aliphatic hydroxyl groups excluding tert-OH is 1. The average molecular weight is 477 g/mol. The molecule has 0 spiro atoms. The maximum atomic E-state index is 13.9. The molecule has 7 nitrogen and oxygen atoms in total. The number of methoxy groups -OCH3 is 1. The van der Waals surface area contributed by atoms with E-state index in [9.17, 15) is 9.90 Å². The highest BCUT2D eigenvalue weighted by atomic mass is 35.5. The molecule has 1 atom stereocenters.